The number of anilines is 1. The monoisotopic (exact) mass is 742 g/mol. The summed E-state index contributed by atoms with van der Waals surface area (Å²) in [5.41, 5.74) is 17.0. The zero-order chi connectivity index (χ0) is 37.6. The van der Waals surface area contributed by atoms with Gasteiger partial charge in [0.15, 0.2) is 5.13 Å². The molecule has 6 heterocycles. The minimum absolute atomic E-state index is 0.846. The Kier molecular flexibility index (Phi) is 8.49. The molecule has 0 saturated heterocycles. The van der Waals surface area contributed by atoms with Crippen LogP contribution in [-0.4, -0.2) is 38.0 Å². The Morgan fingerprint density at radius 1 is 0.518 bits per heavy atom. The molecule has 0 aliphatic carbocycles. The molecule has 0 radical (unpaired) electrons. The number of fused-ring (bicyclic) bond motifs is 13. The van der Waals surface area contributed by atoms with Gasteiger partial charge < -0.3 is 14.9 Å². The Labute approximate surface area is 329 Å². The van der Waals surface area contributed by atoms with E-state index in [0.717, 1.165) is 118 Å². The van der Waals surface area contributed by atoms with Crippen molar-refractivity contribution in [2.75, 3.05) is 18.0 Å². The van der Waals surface area contributed by atoms with Crippen molar-refractivity contribution in [1.82, 2.24) is 24.9 Å². The highest BCUT2D eigenvalue weighted by atomic mass is 32.1. The molecule has 4 aromatic heterocycles. The summed E-state index contributed by atoms with van der Waals surface area (Å²) in [7, 11) is 0. The lowest BCUT2D eigenvalue weighted by Crippen LogP contribution is -2.21. The van der Waals surface area contributed by atoms with Gasteiger partial charge in [0.1, 0.15) is 5.52 Å². The van der Waals surface area contributed by atoms with E-state index in [9.17, 15) is 0 Å². The number of hydrogen-bond donors (Lipinski definition) is 2. The number of aromatic nitrogens is 5. The third kappa shape index (κ3) is 5.93. The summed E-state index contributed by atoms with van der Waals surface area (Å²) >= 11 is 1.72. The standard InChI is InChI=1S/C49H38N6S/c1-3-55(4-2)49-54-47-45-37(33-21-13-7-14-22-33)29-43(52-45)41-27-35(31-17-9-5-10-18-31)39(50-41)25-26-40-36(32-19-11-6-12-20-32)28-42(51-40)44-30-38(34-23-15-8-16-24-34)46(53-44)48(47)56-49/h5-30,50,53H,3-4H2,1-2H3. The molecule has 2 aliphatic rings. The first-order valence-corrected chi connectivity index (χ1v) is 19.9. The molecule has 0 spiro atoms. The molecule has 0 unspecified atom stereocenters. The van der Waals surface area contributed by atoms with E-state index in [1.165, 1.54) is 0 Å². The fourth-order valence-electron chi connectivity index (χ4n) is 7.77. The highest BCUT2D eigenvalue weighted by Gasteiger charge is 2.23. The first-order valence-electron chi connectivity index (χ1n) is 19.1. The maximum absolute atomic E-state index is 5.50. The van der Waals surface area contributed by atoms with E-state index in [0.29, 0.717) is 0 Å². The van der Waals surface area contributed by atoms with Crippen LogP contribution in [0.15, 0.2) is 146 Å². The summed E-state index contributed by atoms with van der Waals surface area (Å²) < 4.78 is 1.04. The van der Waals surface area contributed by atoms with Gasteiger partial charge in [-0.15, -0.1) is 0 Å². The van der Waals surface area contributed by atoms with Crippen molar-refractivity contribution in [2.45, 2.75) is 13.8 Å². The number of aromatic amines is 2. The van der Waals surface area contributed by atoms with Crippen molar-refractivity contribution in [3.05, 3.63) is 179 Å². The summed E-state index contributed by atoms with van der Waals surface area (Å²) in [5, 5.41) is 0.967. The van der Waals surface area contributed by atoms with E-state index >= 15 is 0 Å². The largest absolute Gasteiger partial charge is 0.353 e. The molecule has 8 bridgehead atoms. The molecule has 0 saturated carbocycles. The lowest BCUT2D eigenvalue weighted by atomic mass is 10.0. The lowest BCUT2D eigenvalue weighted by molar-refractivity contribution is 0.862. The van der Waals surface area contributed by atoms with Gasteiger partial charge in [-0.3, -0.25) is 0 Å². The lowest BCUT2D eigenvalue weighted by Gasteiger charge is -2.16. The van der Waals surface area contributed by atoms with E-state index in [1.807, 2.05) is 0 Å². The number of nitrogens with one attached hydrogen (secondary N) is 2. The van der Waals surface area contributed by atoms with Crippen LogP contribution in [0, 0.1) is 0 Å². The number of thiazole rings is 1. The molecule has 0 atom stereocenters. The van der Waals surface area contributed by atoms with E-state index in [2.05, 4.69) is 186 Å². The zero-order valence-electron chi connectivity index (χ0n) is 31.1. The summed E-state index contributed by atoms with van der Waals surface area (Å²) in [4.78, 5) is 26.3. The predicted octanol–water partition coefficient (Wildman–Crippen LogP) is 12.3. The number of nitrogens with zero attached hydrogens (tertiary/aromatic N) is 4. The Morgan fingerprint density at radius 2 is 1.05 bits per heavy atom. The Balaban J connectivity index is 1.40. The molecule has 2 N–H and O–H groups in total. The van der Waals surface area contributed by atoms with Gasteiger partial charge in [-0.1, -0.05) is 133 Å². The average molecular weight is 743 g/mol. The van der Waals surface area contributed by atoms with Crippen LogP contribution in [0.2, 0.25) is 0 Å². The number of hydrogen-bond acceptors (Lipinski definition) is 5. The average Bonchev–Trinajstić information content (AvgIpc) is 4.10. The molecular weight excluding hydrogens is 705 g/mol. The molecule has 56 heavy (non-hydrogen) atoms. The van der Waals surface area contributed by atoms with Crippen molar-refractivity contribution in [1.29, 1.82) is 0 Å². The predicted molar refractivity (Wildman–Crippen MR) is 235 cm³/mol. The molecule has 8 aromatic rings. The summed E-state index contributed by atoms with van der Waals surface area (Å²) in [6, 6.07) is 51.0. The summed E-state index contributed by atoms with van der Waals surface area (Å²) in [6.07, 6.45) is 4.43. The van der Waals surface area contributed by atoms with Crippen LogP contribution in [-0.2, 0) is 0 Å². The molecule has 2 aliphatic heterocycles. The normalized spacial score (nSPS) is 12.5. The van der Waals surface area contributed by atoms with Crippen LogP contribution in [0.1, 0.15) is 47.8 Å². The molecule has 4 aromatic carbocycles. The van der Waals surface area contributed by atoms with Crippen molar-refractivity contribution < 1.29 is 0 Å². The van der Waals surface area contributed by atoms with Crippen molar-refractivity contribution in [2.24, 2.45) is 0 Å². The summed E-state index contributed by atoms with van der Waals surface area (Å²) in [5.74, 6) is 0. The third-order valence-corrected chi connectivity index (χ3v) is 11.8. The van der Waals surface area contributed by atoms with Crippen LogP contribution in [0.5, 0.6) is 0 Å². The second kappa shape index (κ2) is 14.1. The van der Waals surface area contributed by atoms with Crippen LogP contribution in [0.25, 0.3) is 77.8 Å². The van der Waals surface area contributed by atoms with Crippen molar-refractivity contribution in [3.8, 4) is 22.3 Å². The van der Waals surface area contributed by atoms with E-state index < -0.39 is 0 Å². The molecule has 0 amide bonds. The zero-order valence-corrected chi connectivity index (χ0v) is 31.9. The van der Waals surface area contributed by atoms with Gasteiger partial charge in [0.25, 0.3) is 0 Å². The van der Waals surface area contributed by atoms with Crippen LogP contribution < -0.4 is 4.90 Å². The maximum atomic E-state index is 5.50. The Hall–Kier alpha value is -6.83. The van der Waals surface area contributed by atoms with E-state index in [4.69, 9.17) is 15.0 Å². The second-order valence-corrected chi connectivity index (χ2v) is 14.9. The van der Waals surface area contributed by atoms with Gasteiger partial charge in [0.2, 0.25) is 0 Å². The maximum Gasteiger partial charge on any atom is 0.186 e. The van der Waals surface area contributed by atoms with Gasteiger partial charge in [-0.05, 0) is 72.5 Å². The van der Waals surface area contributed by atoms with E-state index in [-0.39, 0.29) is 0 Å². The Bertz CT molecular complexity index is 2970. The minimum atomic E-state index is 0.846. The van der Waals surface area contributed by atoms with Gasteiger partial charge >= 0.3 is 0 Å². The smallest absolute Gasteiger partial charge is 0.186 e. The van der Waals surface area contributed by atoms with Gasteiger partial charge in [-0.2, -0.15) is 0 Å². The van der Waals surface area contributed by atoms with Gasteiger partial charge in [0, 0.05) is 40.9 Å². The molecule has 0 fully saturated rings. The van der Waals surface area contributed by atoms with Gasteiger partial charge in [0.05, 0.1) is 44.0 Å². The van der Waals surface area contributed by atoms with Crippen LogP contribution in [0.4, 0.5) is 5.13 Å². The number of H-pyrrole nitrogens is 2. The topological polar surface area (TPSA) is 73.5 Å². The fourth-order valence-corrected chi connectivity index (χ4v) is 8.97. The molecule has 6 nitrogen and oxygen atoms in total. The fraction of sp³-hybridized carbons (Fsp3) is 0.0816. The minimum Gasteiger partial charge on any atom is -0.353 e. The van der Waals surface area contributed by atoms with Crippen LogP contribution >= 0.6 is 11.3 Å². The first-order chi connectivity index (χ1) is 27.6. The molecular formula is C49H38N6S. The van der Waals surface area contributed by atoms with Crippen molar-refractivity contribution in [3.63, 3.8) is 0 Å². The Morgan fingerprint density at radius 3 is 1.70 bits per heavy atom. The second-order valence-electron chi connectivity index (χ2n) is 14.0. The quantitative estimate of drug-likeness (QED) is 0.170. The first kappa shape index (κ1) is 33.7. The summed E-state index contributed by atoms with van der Waals surface area (Å²) in [6.45, 7) is 6.07. The molecule has 270 valence electrons. The number of rotatable bonds is 7. The van der Waals surface area contributed by atoms with Crippen molar-refractivity contribution >= 4 is 72.1 Å². The van der Waals surface area contributed by atoms with Gasteiger partial charge in [-0.25, -0.2) is 15.0 Å². The number of benzene rings is 4. The highest BCUT2D eigenvalue weighted by Crippen LogP contribution is 2.42. The SMILES string of the molecule is CCN(CC)c1nc2c3nc(c4cc(-c5ccccc5)c(ccc5nc(c6cc(-c7ccccc7)c([nH]6)c2s1)C=C5c1ccccc1)[nH]4)C=C3c1ccccc1. The van der Waals surface area contributed by atoms with E-state index in [1.54, 1.807) is 11.3 Å². The van der Waals surface area contributed by atoms with Crippen LogP contribution in [0.3, 0.4) is 0 Å². The highest BCUT2D eigenvalue weighted by molar-refractivity contribution is 7.23. The third-order valence-electron chi connectivity index (χ3n) is 10.6. The molecule has 7 heteroatoms. The molecule has 10 rings (SSSR count).